The number of aromatic nitrogens is 1. The van der Waals surface area contributed by atoms with Crippen LogP contribution in [0.4, 0.5) is 0 Å². The SMILES string of the molecule is Cc1cc(CCNC(C)(C)C)c(C)n1C(C)C. The fraction of sp³-hybridized carbons (Fsp3) is 0.733. The van der Waals surface area contributed by atoms with Gasteiger partial charge in [0.2, 0.25) is 0 Å². The lowest BCUT2D eigenvalue weighted by Gasteiger charge is -2.20. The summed E-state index contributed by atoms with van der Waals surface area (Å²) in [6, 6.07) is 2.89. The minimum atomic E-state index is 0.212. The molecule has 1 rings (SSSR count). The minimum Gasteiger partial charge on any atom is -0.346 e. The van der Waals surface area contributed by atoms with E-state index >= 15 is 0 Å². The molecule has 0 fully saturated rings. The molecule has 0 saturated carbocycles. The number of rotatable bonds is 4. The summed E-state index contributed by atoms with van der Waals surface area (Å²) < 4.78 is 2.42. The Hall–Kier alpha value is -0.760. The molecule has 0 aromatic carbocycles. The van der Waals surface area contributed by atoms with Gasteiger partial charge in [-0.1, -0.05) is 0 Å². The Bertz CT molecular complexity index is 367. The van der Waals surface area contributed by atoms with Crippen LogP contribution in [0, 0.1) is 13.8 Å². The molecule has 0 amide bonds. The van der Waals surface area contributed by atoms with Crippen LogP contribution in [0.5, 0.6) is 0 Å². The zero-order chi connectivity index (χ0) is 13.2. The summed E-state index contributed by atoms with van der Waals surface area (Å²) in [5.74, 6) is 0. The number of aryl methyl sites for hydroxylation is 1. The van der Waals surface area contributed by atoms with Crippen LogP contribution in [0.3, 0.4) is 0 Å². The average Bonchev–Trinajstić information content (AvgIpc) is 2.39. The number of nitrogens with one attached hydrogen (secondary N) is 1. The zero-order valence-corrected chi connectivity index (χ0v) is 12.5. The first kappa shape index (κ1) is 14.3. The molecule has 0 aliphatic rings. The Morgan fingerprint density at radius 1 is 1.24 bits per heavy atom. The molecule has 2 nitrogen and oxygen atoms in total. The lowest BCUT2D eigenvalue weighted by Crippen LogP contribution is -2.37. The fourth-order valence-corrected chi connectivity index (χ4v) is 2.47. The van der Waals surface area contributed by atoms with E-state index in [9.17, 15) is 0 Å². The maximum Gasteiger partial charge on any atom is 0.0279 e. The summed E-state index contributed by atoms with van der Waals surface area (Å²) >= 11 is 0. The van der Waals surface area contributed by atoms with Gasteiger partial charge in [-0.15, -0.1) is 0 Å². The Kier molecular flexibility index (Phi) is 4.42. The first-order valence-electron chi connectivity index (χ1n) is 6.64. The van der Waals surface area contributed by atoms with Crippen molar-refractivity contribution in [3.8, 4) is 0 Å². The highest BCUT2D eigenvalue weighted by Gasteiger charge is 2.12. The zero-order valence-electron chi connectivity index (χ0n) is 12.5. The van der Waals surface area contributed by atoms with E-state index < -0.39 is 0 Å². The molecule has 0 aliphatic heterocycles. The first-order chi connectivity index (χ1) is 7.72. The highest BCUT2D eigenvalue weighted by molar-refractivity contribution is 5.27. The monoisotopic (exact) mass is 236 g/mol. The highest BCUT2D eigenvalue weighted by atomic mass is 15.0. The van der Waals surface area contributed by atoms with Crippen LogP contribution in [0.25, 0.3) is 0 Å². The molecule has 0 radical (unpaired) electrons. The van der Waals surface area contributed by atoms with Crippen LogP contribution in [0.2, 0.25) is 0 Å². The van der Waals surface area contributed by atoms with Crippen molar-refractivity contribution in [2.45, 2.75) is 66.5 Å². The summed E-state index contributed by atoms with van der Waals surface area (Å²) in [7, 11) is 0. The van der Waals surface area contributed by atoms with Gasteiger partial charge in [-0.2, -0.15) is 0 Å². The van der Waals surface area contributed by atoms with E-state index in [1.165, 1.54) is 17.0 Å². The molecular formula is C15H28N2. The Balaban J connectivity index is 2.70. The molecule has 0 unspecified atom stereocenters. The summed E-state index contributed by atoms with van der Waals surface area (Å²) in [5.41, 5.74) is 4.49. The number of hydrogen-bond donors (Lipinski definition) is 1. The number of nitrogens with zero attached hydrogens (tertiary/aromatic N) is 1. The second kappa shape index (κ2) is 5.26. The maximum atomic E-state index is 3.55. The highest BCUT2D eigenvalue weighted by Crippen LogP contribution is 2.20. The smallest absolute Gasteiger partial charge is 0.0279 e. The summed E-state index contributed by atoms with van der Waals surface area (Å²) in [4.78, 5) is 0. The van der Waals surface area contributed by atoms with Crippen molar-refractivity contribution in [2.24, 2.45) is 0 Å². The molecule has 1 aromatic rings. The van der Waals surface area contributed by atoms with Crippen molar-refractivity contribution >= 4 is 0 Å². The standard InChI is InChI=1S/C15H28N2/c1-11(2)17-12(3)10-14(13(17)4)8-9-16-15(5,6)7/h10-11,16H,8-9H2,1-7H3. The van der Waals surface area contributed by atoms with Crippen LogP contribution in [0.1, 0.15) is 57.6 Å². The normalized spacial score (nSPS) is 12.5. The van der Waals surface area contributed by atoms with Crippen molar-refractivity contribution in [3.05, 3.63) is 23.0 Å². The second-order valence-electron chi connectivity index (χ2n) is 6.29. The molecule has 0 atom stereocenters. The van der Waals surface area contributed by atoms with Gasteiger partial charge in [-0.25, -0.2) is 0 Å². The van der Waals surface area contributed by atoms with Gasteiger partial charge in [0.05, 0.1) is 0 Å². The molecule has 17 heavy (non-hydrogen) atoms. The van der Waals surface area contributed by atoms with Gasteiger partial charge in [0.1, 0.15) is 0 Å². The van der Waals surface area contributed by atoms with E-state index in [4.69, 9.17) is 0 Å². The van der Waals surface area contributed by atoms with Crippen LogP contribution in [0.15, 0.2) is 6.07 Å². The molecule has 2 heteroatoms. The van der Waals surface area contributed by atoms with E-state index in [1.54, 1.807) is 0 Å². The predicted octanol–water partition coefficient (Wildman–Crippen LogP) is 3.62. The molecule has 98 valence electrons. The molecule has 1 aromatic heterocycles. The summed E-state index contributed by atoms with van der Waals surface area (Å²) in [5, 5.41) is 3.55. The van der Waals surface area contributed by atoms with Gasteiger partial charge >= 0.3 is 0 Å². The van der Waals surface area contributed by atoms with Crippen molar-refractivity contribution < 1.29 is 0 Å². The molecule has 0 saturated heterocycles. The molecule has 1 N–H and O–H groups in total. The van der Waals surface area contributed by atoms with E-state index in [-0.39, 0.29) is 5.54 Å². The molecule has 1 heterocycles. The van der Waals surface area contributed by atoms with Gasteiger partial charge in [0.15, 0.2) is 0 Å². The topological polar surface area (TPSA) is 17.0 Å². The van der Waals surface area contributed by atoms with Gasteiger partial charge in [-0.05, 0) is 73.1 Å². The number of hydrogen-bond acceptors (Lipinski definition) is 1. The minimum absolute atomic E-state index is 0.212. The van der Waals surface area contributed by atoms with E-state index in [1.807, 2.05) is 0 Å². The molecule has 0 bridgehead atoms. The van der Waals surface area contributed by atoms with Crippen LogP contribution >= 0.6 is 0 Å². The predicted molar refractivity (Wildman–Crippen MR) is 75.8 cm³/mol. The lowest BCUT2D eigenvalue weighted by molar-refractivity contribution is 0.429. The largest absolute Gasteiger partial charge is 0.346 e. The van der Waals surface area contributed by atoms with Crippen LogP contribution in [-0.2, 0) is 6.42 Å². The van der Waals surface area contributed by atoms with Gasteiger partial charge in [-0.3, -0.25) is 0 Å². The third-order valence-electron chi connectivity index (χ3n) is 3.16. The first-order valence-corrected chi connectivity index (χ1v) is 6.64. The molecular weight excluding hydrogens is 208 g/mol. The maximum absolute atomic E-state index is 3.55. The third kappa shape index (κ3) is 3.88. The summed E-state index contributed by atoms with van der Waals surface area (Å²) in [6.07, 6.45) is 1.11. The van der Waals surface area contributed by atoms with Gasteiger partial charge < -0.3 is 9.88 Å². The average molecular weight is 236 g/mol. The third-order valence-corrected chi connectivity index (χ3v) is 3.16. The van der Waals surface area contributed by atoms with Crippen LogP contribution in [-0.4, -0.2) is 16.7 Å². The van der Waals surface area contributed by atoms with Gasteiger partial charge in [0, 0.05) is 23.0 Å². The summed E-state index contributed by atoms with van der Waals surface area (Å²) in [6.45, 7) is 16.6. The van der Waals surface area contributed by atoms with Crippen LogP contribution < -0.4 is 5.32 Å². The Labute approximate surface area is 106 Å². The van der Waals surface area contributed by atoms with Crippen molar-refractivity contribution in [1.82, 2.24) is 9.88 Å². The lowest BCUT2D eigenvalue weighted by atomic mass is 10.1. The van der Waals surface area contributed by atoms with Gasteiger partial charge in [0.25, 0.3) is 0 Å². The molecule has 0 aliphatic carbocycles. The van der Waals surface area contributed by atoms with E-state index in [0.29, 0.717) is 6.04 Å². The van der Waals surface area contributed by atoms with Crippen molar-refractivity contribution in [3.63, 3.8) is 0 Å². The Morgan fingerprint density at radius 2 is 1.82 bits per heavy atom. The molecule has 0 spiro atoms. The Morgan fingerprint density at radius 3 is 2.24 bits per heavy atom. The fourth-order valence-electron chi connectivity index (χ4n) is 2.47. The quantitative estimate of drug-likeness (QED) is 0.845. The van der Waals surface area contributed by atoms with Crippen molar-refractivity contribution in [2.75, 3.05) is 6.54 Å². The van der Waals surface area contributed by atoms with E-state index in [2.05, 4.69) is 64.4 Å². The second-order valence-corrected chi connectivity index (χ2v) is 6.29. The van der Waals surface area contributed by atoms with Crippen molar-refractivity contribution in [1.29, 1.82) is 0 Å². The van der Waals surface area contributed by atoms with E-state index in [0.717, 1.165) is 13.0 Å².